The van der Waals surface area contributed by atoms with Crippen molar-refractivity contribution in [2.45, 2.75) is 33.1 Å². The summed E-state index contributed by atoms with van der Waals surface area (Å²) in [7, 11) is 0. The summed E-state index contributed by atoms with van der Waals surface area (Å²) in [6.45, 7) is 5.27. The quantitative estimate of drug-likeness (QED) is 0.609. The van der Waals surface area contributed by atoms with Gasteiger partial charge in [-0.25, -0.2) is 4.39 Å². The number of benzene rings is 1. The summed E-state index contributed by atoms with van der Waals surface area (Å²) in [5.74, 6) is -1.13. The molecule has 3 aliphatic rings. The molecule has 11 heteroatoms. The maximum atomic E-state index is 13.6. The highest BCUT2D eigenvalue weighted by Gasteiger charge is 2.36. The Kier molecular flexibility index (Phi) is 6.10. The molecule has 1 N–H and O–H groups in total. The van der Waals surface area contributed by atoms with Crippen molar-refractivity contribution in [2.75, 3.05) is 13.1 Å². The van der Waals surface area contributed by atoms with Crippen LogP contribution >= 0.6 is 23.4 Å². The maximum Gasteiger partial charge on any atom is 0.283 e. The number of carbonyl (C=O) groups excluding carboxylic acids is 2. The smallest absolute Gasteiger partial charge is 0.283 e. The highest BCUT2D eigenvalue weighted by molar-refractivity contribution is 8.27. The summed E-state index contributed by atoms with van der Waals surface area (Å²) in [4.78, 5) is 31.2. The van der Waals surface area contributed by atoms with E-state index >= 15 is 0 Å². The molecule has 35 heavy (non-hydrogen) atoms. The minimum atomic E-state index is -0.536. The number of aryl methyl sites for hydroxylation is 1. The molecular weight excluding hydrogens is 491 g/mol. The first-order valence-electron chi connectivity index (χ1n) is 11.1. The number of aromatic nitrogens is 1. The van der Waals surface area contributed by atoms with E-state index in [1.54, 1.807) is 18.2 Å². The largest absolute Gasteiger partial charge is 0.342 e. The van der Waals surface area contributed by atoms with Gasteiger partial charge in [-0.15, -0.1) is 0 Å². The number of aliphatic imine (C=N–C) groups is 1. The average molecular weight is 513 g/mol. The Hall–Kier alpha value is -3.24. The Balaban J connectivity index is 1.42. The number of fused-ring (bicyclic) bond motifs is 1. The molecule has 2 amide bonds. The third-order valence-electron chi connectivity index (χ3n) is 6.19. The van der Waals surface area contributed by atoms with Crippen LogP contribution < -0.4 is 0 Å². The average Bonchev–Trinajstić information content (AvgIpc) is 3.53. The Morgan fingerprint density at radius 1 is 1.26 bits per heavy atom. The molecule has 0 aliphatic carbocycles. The summed E-state index contributed by atoms with van der Waals surface area (Å²) in [5, 5.41) is 15.1. The molecule has 1 aromatic carbocycles. The van der Waals surface area contributed by atoms with Crippen LogP contribution in [0.25, 0.3) is 11.8 Å². The minimum Gasteiger partial charge on any atom is -0.342 e. The molecular formula is C24H22ClFN6O2S. The number of hydrogen-bond donors (Lipinski definition) is 1. The lowest BCUT2D eigenvalue weighted by Gasteiger charge is -2.20. The number of halogens is 2. The summed E-state index contributed by atoms with van der Waals surface area (Å²) in [6, 6.07) is 6.35. The number of likely N-dealkylation sites (tertiary alicyclic amines) is 1. The molecule has 4 heterocycles. The summed E-state index contributed by atoms with van der Waals surface area (Å²) in [5.41, 5.74) is 3.16. The van der Waals surface area contributed by atoms with Crippen LogP contribution in [0.2, 0.25) is 5.02 Å². The zero-order chi connectivity index (χ0) is 24.9. The van der Waals surface area contributed by atoms with Crippen LogP contribution in [0.1, 0.15) is 36.2 Å². The van der Waals surface area contributed by atoms with Crippen molar-refractivity contribution in [1.82, 2.24) is 14.5 Å². The second-order valence-corrected chi connectivity index (χ2v) is 9.99. The number of thioether (sulfide) groups is 1. The molecule has 0 saturated carbocycles. The lowest BCUT2D eigenvalue weighted by Crippen LogP contribution is -2.35. The van der Waals surface area contributed by atoms with E-state index in [9.17, 15) is 14.0 Å². The van der Waals surface area contributed by atoms with Gasteiger partial charge in [0.25, 0.3) is 5.91 Å². The van der Waals surface area contributed by atoms with Gasteiger partial charge in [0.2, 0.25) is 11.1 Å². The predicted octanol–water partition coefficient (Wildman–Crippen LogP) is 4.52. The second-order valence-electron chi connectivity index (χ2n) is 8.54. The number of carbonyl (C=O) groups is 2. The van der Waals surface area contributed by atoms with Crippen molar-refractivity contribution in [1.29, 1.82) is 5.41 Å². The van der Waals surface area contributed by atoms with E-state index in [1.807, 2.05) is 29.4 Å². The zero-order valence-corrected chi connectivity index (χ0v) is 20.7. The van der Waals surface area contributed by atoms with E-state index in [0.29, 0.717) is 10.7 Å². The lowest BCUT2D eigenvalue weighted by atomic mass is 10.1. The molecule has 1 saturated heterocycles. The van der Waals surface area contributed by atoms with E-state index in [2.05, 4.69) is 10.1 Å². The first kappa shape index (κ1) is 23.5. The van der Waals surface area contributed by atoms with Crippen molar-refractivity contribution in [3.8, 4) is 5.69 Å². The van der Waals surface area contributed by atoms with Gasteiger partial charge in [-0.3, -0.25) is 15.0 Å². The molecule has 0 unspecified atom stereocenters. The van der Waals surface area contributed by atoms with Gasteiger partial charge >= 0.3 is 0 Å². The molecule has 8 nitrogen and oxygen atoms in total. The highest BCUT2D eigenvalue weighted by Crippen LogP contribution is 2.31. The van der Waals surface area contributed by atoms with Gasteiger partial charge in [-0.2, -0.15) is 15.1 Å². The van der Waals surface area contributed by atoms with Gasteiger partial charge < -0.3 is 9.47 Å². The van der Waals surface area contributed by atoms with Crippen LogP contribution in [-0.2, 0) is 9.59 Å². The van der Waals surface area contributed by atoms with Crippen LogP contribution in [0, 0.1) is 25.1 Å². The molecule has 0 spiro atoms. The number of amidine groups is 2. The van der Waals surface area contributed by atoms with Crippen LogP contribution in [0.5, 0.6) is 0 Å². The monoisotopic (exact) mass is 512 g/mol. The van der Waals surface area contributed by atoms with Crippen molar-refractivity contribution in [3.63, 3.8) is 0 Å². The lowest BCUT2D eigenvalue weighted by molar-refractivity contribution is -0.128. The molecule has 5 rings (SSSR count). The minimum absolute atomic E-state index is 0.00356. The third-order valence-corrected chi connectivity index (χ3v) is 7.39. The van der Waals surface area contributed by atoms with Crippen molar-refractivity contribution >= 4 is 57.3 Å². The van der Waals surface area contributed by atoms with Gasteiger partial charge in [-0.1, -0.05) is 11.6 Å². The molecule has 1 aromatic heterocycles. The van der Waals surface area contributed by atoms with Crippen LogP contribution in [0.4, 0.5) is 4.39 Å². The van der Waals surface area contributed by atoms with Crippen LogP contribution in [0.3, 0.4) is 0 Å². The van der Waals surface area contributed by atoms with Crippen LogP contribution in [-0.4, -0.2) is 55.4 Å². The summed E-state index contributed by atoms with van der Waals surface area (Å²) >= 11 is 7.12. The molecule has 1 fully saturated rings. The third kappa shape index (κ3) is 4.32. The SMILES string of the molecule is Cc1cc(/C=C2\C(=N)N3N=C(CC(=O)N4CCCC4)SC3=NC2=O)c(C)n1-c1ccc(F)c(Cl)c1. The fourth-order valence-electron chi connectivity index (χ4n) is 4.42. The van der Waals surface area contributed by atoms with Crippen molar-refractivity contribution < 1.29 is 14.0 Å². The molecule has 0 atom stereocenters. The van der Waals surface area contributed by atoms with E-state index in [1.165, 1.54) is 11.1 Å². The standard InChI is InChI=1S/C24H22ClFN6O2S/c1-13-9-15(14(2)31(13)16-5-6-19(26)18(25)11-16)10-17-22(27)32-24(28-23(17)34)35-20(29-32)12-21(33)30-7-3-4-8-30/h5-6,9-11,27H,3-4,7-8,12H2,1-2H3/b17-10+,27-22?. The maximum absolute atomic E-state index is 13.6. The Morgan fingerprint density at radius 2 is 2.00 bits per heavy atom. The van der Waals surface area contributed by atoms with E-state index < -0.39 is 11.7 Å². The Bertz CT molecular complexity index is 1370. The van der Waals surface area contributed by atoms with Crippen molar-refractivity contribution in [3.05, 3.63) is 57.6 Å². The predicted molar refractivity (Wildman–Crippen MR) is 136 cm³/mol. The van der Waals surface area contributed by atoms with E-state index in [-0.39, 0.29) is 33.9 Å². The molecule has 180 valence electrons. The van der Waals surface area contributed by atoms with Gasteiger partial charge in [0.1, 0.15) is 10.9 Å². The van der Waals surface area contributed by atoms with Crippen molar-refractivity contribution in [2.24, 2.45) is 10.1 Å². The second kappa shape index (κ2) is 9.09. The fraction of sp³-hybridized carbons (Fsp3) is 0.292. The Morgan fingerprint density at radius 3 is 2.71 bits per heavy atom. The summed E-state index contributed by atoms with van der Waals surface area (Å²) < 4.78 is 15.5. The number of amides is 2. The van der Waals surface area contributed by atoms with Crippen LogP contribution in [0.15, 0.2) is 39.9 Å². The topological polar surface area (TPSA) is 94.1 Å². The van der Waals surface area contributed by atoms with Gasteiger partial charge in [0.05, 0.1) is 17.0 Å². The zero-order valence-electron chi connectivity index (χ0n) is 19.1. The van der Waals surface area contributed by atoms with Gasteiger partial charge in [-0.05, 0) is 74.4 Å². The first-order valence-corrected chi connectivity index (χ1v) is 12.3. The number of hydrazone groups is 1. The first-order chi connectivity index (χ1) is 16.7. The van der Waals surface area contributed by atoms with Gasteiger partial charge in [0.15, 0.2) is 5.84 Å². The molecule has 0 radical (unpaired) electrons. The Labute approximate surface area is 210 Å². The normalized spacial score (nSPS) is 18.9. The van der Waals surface area contributed by atoms with Gasteiger partial charge in [0, 0.05) is 30.2 Å². The highest BCUT2D eigenvalue weighted by atomic mass is 35.5. The fourth-order valence-corrected chi connectivity index (χ4v) is 5.47. The number of nitrogens with zero attached hydrogens (tertiary/aromatic N) is 5. The summed E-state index contributed by atoms with van der Waals surface area (Å²) in [6.07, 6.45) is 3.75. The molecule has 0 bridgehead atoms. The van der Waals surface area contributed by atoms with E-state index in [0.717, 1.165) is 54.6 Å². The molecule has 3 aliphatic heterocycles. The number of hydrogen-bond acceptors (Lipinski definition) is 5. The van der Waals surface area contributed by atoms with E-state index in [4.69, 9.17) is 17.0 Å². The molecule has 2 aromatic rings. The number of rotatable bonds is 4. The number of nitrogens with one attached hydrogen (secondary N) is 1.